The first kappa shape index (κ1) is 13.6. The highest BCUT2D eigenvalue weighted by Gasteiger charge is 2.28. The van der Waals surface area contributed by atoms with Crippen LogP contribution in [0, 0.1) is 5.92 Å². The molecule has 0 saturated heterocycles. The minimum atomic E-state index is 0.267. The molecule has 3 heteroatoms. The lowest BCUT2D eigenvalue weighted by Crippen LogP contribution is -2.29. The molecule has 1 saturated carbocycles. The van der Waals surface area contributed by atoms with Crippen molar-refractivity contribution in [1.82, 2.24) is 9.47 Å². The molecular weight excluding hydrogens is 224 g/mol. The second kappa shape index (κ2) is 6.39. The van der Waals surface area contributed by atoms with Crippen LogP contribution >= 0.6 is 0 Å². The second-order valence-corrected chi connectivity index (χ2v) is 5.80. The van der Waals surface area contributed by atoms with Crippen molar-refractivity contribution in [2.24, 2.45) is 5.92 Å². The maximum atomic E-state index is 9.14. The standard InChI is InChI=1S/C15H26N2O/c1-13(2)7-9-16-8-3-4-15(16)12-17(10-11-18)14-5-6-14/h3-4,8,13-14,18H,5-7,9-12H2,1-2H3. The van der Waals surface area contributed by atoms with Crippen LogP contribution in [0.4, 0.5) is 0 Å². The third-order valence-corrected chi connectivity index (χ3v) is 3.69. The maximum Gasteiger partial charge on any atom is 0.0558 e. The molecule has 3 nitrogen and oxygen atoms in total. The van der Waals surface area contributed by atoms with E-state index in [0.717, 1.165) is 25.6 Å². The minimum Gasteiger partial charge on any atom is -0.395 e. The fourth-order valence-corrected chi connectivity index (χ4v) is 2.38. The number of aliphatic hydroxyl groups excluding tert-OH is 1. The van der Waals surface area contributed by atoms with E-state index < -0.39 is 0 Å². The Morgan fingerprint density at radius 1 is 1.44 bits per heavy atom. The zero-order valence-electron chi connectivity index (χ0n) is 11.7. The van der Waals surface area contributed by atoms with Crippen LogP contribution in [0.15, 0.2) is 18.3 Å². The van der Waals surface area contributed by atoms with Crippen molar-refractivity contribution in [2.75, 3.05) is 13.2 Å². The zero-order valence-corrected chi connectivity index (χ0v) is 11.7. The lowest BCUT2D eigenvalue weighted by Gasteiger charge is -2.22. The van der Waals surface area contributed by atoms with Crippen molar-refractivity contribution in [3.05, 3.63) is 24.0 Å². The van der Waals surface area contributed by atoms with Crippen LogP contribution in [0.5, 0.6) is 0 Å². The summed E-state index contributed by atoms with van der Waals surface area (Å²) < 4.78 is 2.37. The van der Waals surface area contributed by atoms with E-state index >= 15 is 0 Å². The lowest BCUT2D eigenvalue weighted by molar-refractivity contribution is 0.180. The molecule has 0 aliphatic heterocycles. The van der Waals surface area contributed by atoms with Crippen molar-refractivity contribution in [1.29, 1.82) is 0 Å². The summed E-state index contributed by atoms with van der Waals surface area (Å²) in [5, 5.41) is 9.14. The van der Waals surface area contributed by atoms with E-state index in [1.807, 2.05) is 0 Å². The van der Waals surface area contributed by atoms with Gasteiger partial charge in [0.1, 0.15) is 0 Å². The third kappa shape index (κ3) is 3.85. The molecule has 1 heterocycles. The molecule has 102 valence electrons. The van der Waals surface area contributed by atoms with Gasteiger partial charge in [-0.1, -0.05) is 13.8 Å². The van der Waals surface area contributed by atoms with Crippen molar-refractivity contribution in [2.45, 2.75) is 52.2 Å². The van der Waals surface area contributed by atoms with Gasteiger partial charge in [0.25, 0.3) is 0 Å². The summed E-state index contributed by atoms with van der Waals surface area (Å²) in [5.74, 6) is 0.747. The predicted octanol–water partition coefficient (Wildman–Crippen LogP) is 2.49. The van der Waals surface area contributed by atoms with E-state index in [0.29, 0.717) is 6.04 Å². The molecule has 0 bridgehead atoms. The summed E-state index contributed by atoms with van der Waals surface area (Å²) in [4.78, 5) is 2.42. The number of aromatic nitrogens is 1. The molecule has 0 radical (unpaired) electrons. The molecule has 0 spiro atoms. The van der Waals surface area contributed by atoms with Gasteiger partial charge in [0.2, 0.25) is 0 Å². The Hall–Kier alpha value is -0.800. The monoisotopic (exact) mass is 250 g/mol. The van der Waals surface area contributed by atoms with E-state index in [9.17, 15) is 0 Å². The van der Waals surface area contributed by atoms with E-state index in [1.54, 1.807) is 0 Å². The lowest BCUT2D eigenvalue weighted by atomic mass is 10.1. The van der Waals surface area contributed by atoms with Crippen LogP contribution < -0.4 is 0 Å². The number of nitrogens with zero attached hydrogens (tertiary/aromatic N) is 2. The predicted molar refractivity (Wildman–Crippen MR) is 74.4 cm³/mol. The van der Waals surface area contributed by atoms with Crippen LogP contribution in [0.1, 0.15) is 38.8 Å². The van der Waals surface area contributed by atoms with Crippen molar-refractivity contribution in [3.63, 3.8) is 0 Å². The topological polar surface area (TPSA) is 28.4 Å². The Morgan fingerprint density at radius 3 is 2.83 bits per heavy atom. The SMILES string of the molecule is CC(C)CCn1cccc1CN(CCO)C1CC1. The number of rotatable bonds is 8. The normalized spacial score (nSPS) is 15.8. The fourth-order valence-electron chi connectivity index (χ4n) is 2.38. The third-order valence-electron chi connectivity index (χ3n) is 3.69. The average molecular weight is 250 g/mol. The van der Waals surface area contributed by atoms with Gasteiger partial charge in [0.05, 0.1) is 6.61 Å². The van der Waals surface area contributed by atoms with E-state index in [4.69, 9.17) is 5.11 Å². The van der Waals surface area contributed by atoms with Gasteiger partial charge in [0, 0.05) is 37.6 Å². The summed E-state index contributed by atoms with van der Waals surface area (Å²) in [5.41, 5.74) is 1.39. The van der Waals surface area contributed by atoms with Gasteiger partial charge >= 0.3 is 0 Å². The fraction of sp³-hybridized carbons (Fsp3) is 0.733. The van der Waals surface area contributed by atoms with Gasteiger partial charge in [-0.3, -0.25) is 4.90 Å². The summed E-state index contributed by atoms with van der Waals surface area (Å²) in [6, 6.07) is 5.07. The molecule has 2 rings (SSSR count). The highest BCUT2D eigenvalue weighted by atomic mass is 16.3. The molecule has 0 aromatic carbocycles. The summed E-state index contributed by atoms with van der Waals surface area (Å²) in [7, 11) is 0. The van der Waals surface area contributed by atoms with Gasteiger partial charge in [0.15, 0.2) is 0 Å². The van der Waals surface area contributed by atoms with Crippen LogP contribution in [0.3, 0.4) is 0 Å². The number of hydrogen-bond donors (Lipinski definition) is 1. The molecular formula is C15H26N2O. The molecule has 0 unspecified atom stereocenters. The first-order valence-electron chi connectivity index (χ1n) is 7.19. The Labute approximate surface area is 110 Å². The molecule has 1 aromatic heterocycles. The summed E-state index contributed by atoms with van der Waals surface area (Å²) in [6.45, 7) is 7.70. The van der Waals surface area contributed by atoms with Gasteiger partial charge in [-0.15, -0.1) is 0 Å². The first-order chi connectivity index (χ1) is 8.70. The van der Waals surface area contributed by atoms with Crippen LogP contribution in [0.2, 0.25) is 0 Å². The molecule has 18 heavy (non-hydrogen) atoms. The van der Waals surface area contributed by atoms with E-state index in [2.05, 4.69) is 41.6 Å². The van der Waals surface area contributed by atoms with E-state index in [1.165, 1.54) is 25.0 Å². The molecule has 1 N–H and O–H groups in total. The molecule has 1 aromatic rings. The Morgan fingerprint density at radius 2 is 2.22 bits per heavy atom. The Balaban J connectivity index is 1.92. The van der Waals surface area contributed by atoms with Crippen LogP contribution in [-0.2, 0) is 13.1 Å². The van der Waals surface area contributed by atoms with Gasteiger partial charge in [-0.2, -0.15) is 0 Å². The summed E-state index contributed by atoms with van der Waals surface area (Å²) in [6.07, 6.45) is 6.01. The summed E-state index contributed by atoms with van der Waals surface area (Å²) >= 11 is 0. The van der Waals surface area contributed by atoms with Crippen LogP contribution in [0.25, 0.3) is 0 Å². The molecule has 0 atom stereocenters. The van der Waals surface area contributed by atoms with Crippen LogP contribution in [-0.4, -0.2) is 33.8 Å². The minimum absolute atomic E-state index is 0.267. The number of aryl methyl sites for hydroxylation is 1. The van der Waals surface area contributed by atoms with Crippen molar-refractivity contribution < 1.29 is 5.11 Å². The molecule has 1 fully saturated rings. The van der Waals surface area contributed by atoms with Gasteiger partial charge in [-0.25, -0.2) is 0 Å². The van der Waals surface area contributed by atoms with Crippen molar-refractivity contribution in [3.8, 4) is 0 Å². The van der Waals surface area contributed by atoms with Gasteiger partial charge < -0.3 is 9.67 Å². The Kier molecular flexibility index (Phi) is 4.84. The number of hydrogen-bond acceptors (Lipinski definition) is 2. The molecule has 1 aliphatic carbocycles. The number of aliphatic hydroxyl groups is 1. The zero-order chi connectivity index (χ0) is 13.0. The first-order valence-corrected chi connectivity index (χ1v) is 7.19. The molecule has 1 aliphatic rings. The smallest absolute Gasteiger partial charge is 0.0558 e. The van der Waals surface area contributed by atoms with Gasteiger partial charge in [-0.05, 0) is 37.3 Å². The highest BCUT2D eigenvalue weighted by Crippen LogP contribution is 2.28. The average Bonchev–Trinajstić information content (AvgIpc) is 3.08. The second-order valence-electron chi connectivity index (χ2n) is 5.80. The van der Waals surface area contributed by atoms with Crippen molar-refractivity contribution >= 4 is 0 Å². The largest absolute Gasteiger partial charge is 0.395 e. The van der Waals surface area contributed by atoms with E-state index in [-0.39, 0.29) is 6.61 Å². The maximum absolute atomic E-state index is 9.14. The highest BCUT2D eigenvalue weighted by molar-refractivity contribution is 5.08. The molecule has 0 amide bonds. The Bertz CT molecular complexity index is 355. The quantitative estimate of drug-likeness (QED) is 0.768.